The summed E-state index contributed by atoms with van der Waals surface area (Å²) in [5.74, 6) is -0.143. The highest BCUT2D eigenvalue weighted by Crippen LogP contribution is 2.17. The quantitative estimate of drug-likeness (QED) is 0.500. The molecule has 1 rings (SSSR count). The normalized spacial score (nSPS) is 12.1. The van der Waals surface area contributed by atoms with E-state index in [4.69, 9.17) is 4.74 Å². The zero-order valence-electron chi connectivity index (χ0n) is 11.2. The molecule has 0 fully saturated rings. The first-order valence-electron chi connectivity index (χ1n) is 6.81. The van der Waals surface area contributed by atoms with Gasteiger partial charge in [-0.05, 0) is 18.9 Å². The van der Waals surface area contributed by atoms with Gasteiger partial charge >= 0.3 is 5.97 Å². The van der Waals surface area contributed by atoms with E-state index in [0.717, 1.165) is 18.4 Å². The van der Waals surface area contributed by atoms with Crippen molar-refractivity contribution in [1.82, 2.24) is 0 Å². The molecule has 1 radical (unpaired) electrons. The zero-order valence-corrected chi connectivity index (χ0v) is 11.2. The molecule has 0 saturated heterocycles. The van der Waals surface area contributed by atoms with E-state index in [1.54, 1.807) is 0 Å². The highest BCUT2D eigenvalue weighted by Gasteiger charge is 2.10. The summed E-state index contributed by atoms with van der Waals surface area (Å²) in [5, 5.41) is 0. The van der Waals surface area contributed by atoms with Crippen molar-refractivity contribution in [1.29, 1.82) is 0 Å². The van der Waals surface area contributed by atoms with Crippen LogP contribution < -0.4 is 0 Å². The Kier molecular flexibility index (Phi) is 7.16. The summed E-state index contributed by atoms with van der Waals surface area (Å²) in [4.78, 5) is 11.6. The Bertz CT molecular complexity index is 332. The van der Waals surface area contributed by atoms with Crippen molar-refractivity contribution in [3.63, 3.8) is 0 Å². The van der Waals surface area contributed by atoms with Gasteiger partial charge in [0.05, 0.1) is 0 Å². The van der Waals surface area contributed by atoms with Gasteiger partial charge in [-0.3, -0.25) is 4.79 Å². The molecule has 2 heteroatoms. The monoisotopic (exact) mass is 247 g/mol. The first-order chi connectivity index (χ1) is 8.74. The maximum absolute atomic E-state index is 11.6. The number of carbonyl (C=O) groups is 1. The van der Waals surface area contributed by atoms with Crippen LogP contribution in [0.5, 0.6) is 0 Å². The van der Waals surface area contributed by atoms with Gasteiger partial charge in [-0.15, -0.1) is 0 Å². The lowest BCUT2D eigenvalue weighted by Gasteiger charge is -2.13. The molecular weight excluding hydrogens is 224 g/mol. The molecule has 0 saturated carbocycles. The molecule has 0 aliphatic heterocycles. The topological polar surface area (TPSA) is 26.3 Å². The summed E-state index contributed by atoms with van der Waals surface area (Å²) >= 11 is 0. The minimum absolute atomic E-state index is 0.143. The molecule has 0 spiro atoms. The van der Waals surface area contributed by atoms with Crippen molar-refractivity contribution < 1.29 is 9.53 Å². The Morgan fingerprint density at radius 1 is 1.17 bits per heavy atom. The second-order valence-corrected chi connectivity index (χ2v) is 4.55. The minimum Gasteiger partial charge on any atom is -0.457 e. The molecule has 0 aliphatic carbocycles. The third-order valence-corrected chi connectivity index (χ3v) is 2.93. The van der Waals surface area contributed by atoms with Crippen LogP contribution in [0.3, 0.4) is 0 Å². The zero-order chi connectivity index (χ0) is 13.2. The molecular formula is C16H23O2. The SMILES string of the molecule is [CH2]C(OC(=O)CCCCCCC)c1ccccc1. The lowest BCUT2D eigenvalue weighted by atomic mass is 10.1. The average molecular weight is 247 g/mol. The van der Waals surface area contributed by atoms with Crippen molar-refractivity contribution in [3.8, 4) is 0 Å². The van der Waals surface area contributed by atoms with Crippen molar-refractivity contribution in [3.05, 3.63) is 42.8 Å². The van der Waals surface area contributed by atoms with Crippen LogP contribution in [-0.2, 0) is 9.53 Å². The number of rotatable bonds is 8. The molecule has 2 nitrogen and oxygen atoms in total. The Labute approximate surface area is 110 Å². The number of unbranched alkanes of at least 4 members (excludes halogenated alkanes) is 4. The predicted molar refractivity (Wildman–Crippen MR) is 74.0 cm³/mol. The Morgan fingerprint density at radius 3 is 2.50 bits per heavy atom. The Hall–Kier alpha value is -1.31. The van der Waals surface area contributed by atoms with Crippen molar-refractivity contribution in [2.45, 2.75) is 51.6 Å². The molecule has 18 heavy (non-hydrogen) atoms. The largest absolute Gasteiger partial charge is 0.457 e. The van der Waals surface area contributed by atoms with Crippen LogP contribution in [0.1, 0.15) is 57.1 Å². The van der Waals surface area contributed by atoms with Crippen LogP contribution in [0.25, 0.3) is 0 Å². The van der Waals surface area contributed by atoms with Gasteiger partial charge in [0.1, 0.15) is 6.10 Å². The number of benzene rings is 1. The van der Waals surface area contributed by atoms with Gasteiger partial charge < -0.3 is 4.74 Å². The molecule has 1 atom stereocenters. The molecule has 0 aromatic heterocycles. The number of ether oxygens (including phenoxy) is 1. The fourth-order valence-electron chi connectivity index (χ4n) is 1.83. The third kappa shape index (κ3) is 5.85. The fourth-order valence-corrected chi connectivity index (χ4v) is 1.83. The van der Waals surface area contributed by atoms with Gasteiger partial charge in [0, 0.05) is 6.42 Å². The van der Waals surface area contributed by atoms with E-state index in [1.165, 1.54) is 19.3 Å². The van der Waals surface area contributed by atoms with Crippen LogP contribution in [0.2, 0.25) is 0 Å². The van der Waals surface area contributed by atoms with Crippen LogP contribution in [0, 0.1) is 6.92 Å². The van der Waals surface area contributed by atoms with Gasteiger partial charge in [-0.2, -0.15) is 0 Å². The molecule has 1 aromatic rings. The second-order valence-electron chi connectivity index (χ2n) is 4.55. The summed E-state index contributed by atoms with van der Waals surface area (Å²) in [6, 6.07) is 9.63. The van der Waals surface area contributed by atoms with Gasteiger partial charge in [-0.1, -0.05) is 62.9 Å². The smallest absolute Gasteiger partial charge is 0.306 e. The molecule has 0 N–H and O–H groups in total. The van der Waals surface area contributed by atoms with Crippen molar-refractivity contribution in [2.24, 2.45) is 0 Å². The summed E-state index contributed by atoms with van der Waals surface area (Å²) < 4.78 is 5.29. The first kappa shape index (κ1) is 14.7. The molecule has 0 heterocycles. The second kappa shape index (κ2) is 8.73. The standard InChI is InChI=1S/C16H23O2/c1-3-4-5-6-10-13-16(17)18-14(2)15-11-8-7-9-12-15/h7-9,11-12,14H,2-6,10,13H2,1H3. The highest BCUT2D eigenvalue weighted by atomic mass is 16.5. The van der Waals surface area contributed by atoms with E-state index in [9.17, 15) is 4.79 Å². The fraction of sp³-hybridized carbons (Fsp3) is 0.500. The molecule has 0 aliphatic rings. The van der Waals surface area contributed by atoms with E-state index in [0.29, 0.717) is 6.42 Å². The number of carbonyl (C=O) groups excluding carboxylic acids is 1. The summed E-state index contributed by atoms with van der Waals surface area (Å²) in [5.41, 5.74) is 0.942. The van der Waals surface area contributed by atoms with Crippen molar-refractivity contribution in [2.75, 3.05) is 0 Å². The van der Waals surface area contributed by atoms with E-state index < -0.39 is 6.10 Å². The number of hydrogen-bond acceptors (Lipinski definition) is 2. The van der Waals surface area contributed by atoms with Crippen molar-refractivity contribution >= 4 is 5.97 Å². The van der Waals surface area contributed by atoms with Gasteiger partial charge in [0.15, 0.2) is 0 Å². The van der Waals surface area contributed by atoms with Crippen LogP contribution in [0.15, 0.2) is 30.3 Å². The molecule has 0 bridgehead atoms. The number of esters is 1. The molecule has 1 aromatic carbocycles. The van der Waals surface area contributed by atoms with E-state index in [2.05, 4.69) is 13.8 Å². The van der Waals surface area contributed by atoms with E-state index in [1.807, 2.05) is 30.3 Å². The van der Waals surface area contributed by atoms with E-state index >= 15 is 0 Å². The Morgan fingerprint density at radius 2 is 1.83 bits per heavy atom. The van der Waals surface area contributed by atoms with Gasteiger partial charge in [-0.25, -0.2) is 0 Å². The summed E-state index contributed by atoms with van der Waals surface area (Å²) in [7, 11) is 0. The first-order valence-corrected chi connectivity index (χ1v) is 6.81. The minimum atomic E-state index is -0.394. The Balaban J connectivity index is 2.20. The van der Waals surface area contributed by atoms with Gasteiger partial charge in [0.25, 0.3) is 0 Å². The maximum Gasteiger partial charge on any atom is 0.306 e. The van der Waals surface area contributed by atoms with Crippen LogP contribution >= 0.6 is 0 Å². The van der Waals surface area contributed by atoms with E-state index in [-0.39, 0.29) is 5.97 Å². The van der Waals surface area contributed by atoms with Gasteiger partial charge in [0.2, 0.25) is 0 Å². The molecule has 0 amide bonds. The predicted octanol–water partition coefficient (Wildman–Crippen LogP) is 4.47. The summed E-state index contributed by atoms with van der Waals surface area (Å²) in [6.07, 6.45) is 5.81. The molecule has 99 valence electrons. The lowest BCUT2D eigenvalue weighted by molar-refractivity contribution is -0.147. The molecule has 1 unspecified atom stereocenters. The summed E-state index contributed by atoms with van der Waals surface area (Å²) in [6.45, 7) is 6.04. The maximum atomic E-state index is 11.6. The average Bonchev–Trinajstić information content (AvgIpc) is 2.39. The highest BCUT2D eigenvalue weighted by molar-refractivity contribution is 5.69. The number of hydrogen-bond donors (Lipinski definition) is 0. The third-order valence-electron chi connectivity index (χ3n) is 2.93. The lowest BCUT2D eigenvalue weighted by Crippen LogP contribution is -2.08. The van der Waals surface area contributed by atoms with Crippen LogP contribution in [-0.4, -0.2) is 5.97 Å². The van der Waals surface area contributed by atoms with Crippen LogP contribution in [0.4, 0.5) is 0 Å².